The topological polar surface area (TPSA) is 85.5 Å². The zero-order chi connectivity index (χ0) is 23.0. The summed E-state index contributed by atoms with van der Waals surface area (Å²) in [5.74, 6) is 1.31. The highest BCUT2D eigenvalue weighted by Gasteiger charge is 2.26. The van der Waals surface area contributed by atoms with Crippen molar-refractivity contribution in [2.24, 2.45) is 0 Å². The van der Waals surface area contributed by atoms with Crippen LogP contribution >= 0.6 is 0 Å². The maximum Gasteiger partial charge on any atom is 0.243 e. The molecular formula is C23H29N3O4S. The molecule has 0 N–H and O–H groups in total. The average Bonchev–Trinajstić information content (AvgIpc) is 3.17. The van der Waals surface area contributed by atoms with Crippen LogP contribution in [0.2, 0.25) is 0 Å². The summed E-state index contributed by atoms with van der Waals surface area (Å²) < 4.78 is 38.0. The molecule has 0 atom stereocenters. The van der Waals surface area contributed by atoms with Gasteiger partial charge in [0, 0.05) is 12.6 Å². The fraction of sp³-hybridized carbons (Fsp3) is 0.391. The summed E-state index contributed by atoms with van der Waals surface area (Å²) in [6.07, 6.45) is 0. The van der Waals surface area contributed by atoms with Gasteiger partial charge in [-0.2, -0.15) is 9.29 Å². The summed E-state index contributed by atoms with van der Waals surface area (Å²) in [4.78, 5) is 4.61. The van der Waals surface area contributed by atoms with Gasteiger partial charge in [0.25, 0.3) is 0 Å². The van der Waals surface area contributed by atoms with E-state index in [0.717, 1.165) is 11.1 Å². The van der Waals surface area contributed by atoms with Crippen LogP contribution in [-0.4, -0.2) is 37.0 Å². The van der Waals surface area contributed by atoms with E-state index in [1.807, 2.05) is 31.2 Å². The van der Waals surface area contributed by atoms with Crippen molar-refractivity contribution in [3.05, 3.63) is 59.0 Å². The fourth-order valence-corrected chi connectivity index (χ4v) is 4.67. The Kier molecular flexibility index (Phi) is 6.25. The van der Waals surface area contributed by atoms with E-state index in [4.69, 9.17) is 9.26 Å². The Morgan fingerprint density at radius 3 is 2.26 bits per heavy atom. The zero-order valence-corrected chi connectivity index (χ0v) is 19.9. The van der Waals surface area contributed by atoms with Crippen molar-refractivity contribution >= 4 is 10.0 Å². The Morgan fingerprint density at radius 2 is 1.68 bits per heavy atom. The van der Waals surface area contributed by atoms with Gasteiger partial charge in [-0.3, -0.25) is 0 Å². The third-order valence-electron chi connectivity index (χ3n) is 5.43. The number of aromatic nitrogens is 2. The molecular weight excluding hydrogens is 414 g/mol. The largest absolute Gasteiger partial charge is 0.496 e. The third-order valence-corrected chi connectivity index (χ3v) is 7.38. The third kappa shape index (κ3) is 4.65. The lowest BCUT2D eigenvalue weighted by atomic mass is 9.87. The molecule has 7 nitrogen and oxygen atoms in total. The molecule has 31 heavy (non-hydrogen) atoms. The van der Waals surface area contributed by atoms with Crippen LogP contribution in [0.25, 0.3) is 11.4 Å². The molecule has 3 aromatic rings. The minimum Gasteiger partial charge on any atom is -0.496 e. The first-order chi connectivity index (χ1) is 14.4. The van der Waals surface area contributed by atoms with E-state index in [1.54, 1.807) is 26.2 Å². The average molecular weight is 444 g/mol. The molecule has 0 amide bonds. The van der Waals surface area contributed by atoms with E-state index in [-0.39, 0.29) is 22.7 Å². The van der Waals surface area contributed by atoms with Gasteiger partial charge in [0.1, 0.15) is 5.75 Å². The molecule has 0 aliphatic carbocycles. The van der Waals surface area contributed by atoms with Gasteiger partial charge < -0.3 is 9.26 Å². The zero-order valence-electron chi connectivity index (χ0n) is 19.1. The Bertz CT molecular complexity index is 1180. The number of hydrogen-bond donors (Lipinski definition) is 0. The highest BCUT2D eigenvalue weighted by atomic mass is 32.2. The molecule has 0 spiro atoms. The number of benzene rings is 2. The lowest BCUT2D eigenvalue weighted by Crippen LogP contribution is -2.27. The molecule has 0 unspecified atom stereocenters. The highest BCUT2D eigenvalue weighted by Crippen LogP contribution is 2.29. The molecule has 1 heterocycles. The summed E-state index contributed by atoms with van der Waals surface area (Å²) in [6.45, 7) is 10.0. The van der Waals surface area contributed by atoms with Gasteiger partial charge in [0.05, 0.1) is 18.6 Å². The molecule has 0 bridgehead atoms. The van der Waals surface area contributed by atoms with Gasteiger partial charge in [-0.15, -0.1) is 0 Å². The Morgan fingerprint density at radius 1 is 1.03 bits per heavy atom. The van der Waals surface area contributed by atoms with Crippen LogP contribution in [0, 0.1) is 13.8 Å². The van der Waals surface area contributed by atoms with Gasteiger partial charge in [0.15, 0.2) is 0 Å². The summed E-state index contributed by atoms with van der Waals surface area (Å²) in [5, 5.41) is 4.02. The smallest absolute Gasteiger partial charge is 0.243 e. The van der Waals surface area contributed by atoms with E-state index in [9.17, 15) is 8.42 Å². The Balaban J connectivity index is 1.81. The van der Waals surface area contributed by atoms with Crippen molar-refractivity contribution < 1.29 is 17.7 Å². The van der Waals surface area contributed by atoms with Crippen LogP contribution in [-0.2, 0) is 22.0 Å². The van der Waals surface area contributed by atoms with E-state index in [0.29, 0.717) is 17.1 Å². The van der Waals surface area contributed by atoms with Crippen molar-refractivity contribution in [2.75, 3.05) is 14.2 Å². The Labute approximate surface area is 184 Å². The summed E-state index contributed by atoms with van der Waals surface area (Å²) >= 11 is 0. The predicted octanol–water partition coefficient (Wildman–Crippen LogP) is 4.48. The van der Waals surface area contributed by atoms with E-state index in [2.05, 4.69) is 30.9 Å². The van der Waals surface area contributed by atoms with Gasteiger partial charge in [-0.25, -0.2) is 8.42 Å². The van der Waals surface area contributed by atoms with E-state index < -0.39 is 10.0 Å². The summed E-state index contributed by atoms with van der Waals surface area (Å²) in [7, 11) is -0.685. The molecule has 166 valence electrons. The normalized spacial score (nSPS) is 12.4. The molecule has 0 saturated carbocycles. The molecule has 2 aromatic carbocycles. The number of nitrogens with zero attached hydrogens (tertiary/aromatic N) is 3. The maximum atomic E-state index is 13.1. The second-order valence-corrected chi connectivity index (χ2v) is 10.6. The van der Waals surface area contributed by atoms with Crippen molar-refractivity contribution in [3.63, 3.8) is 0 Å². The van der Waals surface area contributed by atoms with Crippen LogP contribution < -0.4 is 4.74 Å². The summed E-state index contributed by atoms with van der Waals surface area (Å²) in [5.41, 5.74) is 3.51. The highest BCUT2D eigenvalue weighted by molar-refractivity contribution is 7.89. The predicted molar refractivity (Wildman–Crippen MR) is 120 cm³/mol. The molecule has 0 fully saturated rings. The number of methoxy groups -OCH3 is 1. The first-order valence-corrected chi connectivity index (χ1v) is 11.4. The molecule has 0 aliphatic heterocycles. The van der Waals surface area contributed by atoms with E-state index in [1.165, 1.54) is 16.9 Å². The molecule has 8 heteroatoms. The van der Waals surface area contributed by atoms with Gasteiger partial charge in [0.2, 0.25) is 21.7 Å². The lowest BCUT2D eigenvalue weighted by Gasteiger charge is -2.19. The van der Waals surface area contributed by atoms with E-state index >= 15 is 0 Å². The quantitative estimate of drug-likeness (QED) is 0.558. The minimum absolute atomic E-state index is 0.0279. The van der Waals surface area contributed by atoms with Crippen molar-refractivity contribution in [1.29, 1.82) is 0 Å². The fourth-order valence-electron chi connectivity index (χ4n) is 3.27. The van der Waals surface area contributed by atoms with Crippen LogP contribution in [0.4, 0.5) is 0 Å². The number of ether oxygens (including phenoxy) is 1. The minimum atomic E-state index is -3.74. The van der Waals surface area contributed by atoms with Crippen LogP contribution in [0.15, 0.2) is 45.8 Å². The number of hydrogen-bond acceptors (Lipinski definition) is 6. The van der Waals surface area contributed by atoms with Gasteiger partial charge in [-0.1, -0.05) is 50.2 Å². The molecule has 3 rings (SSSR count). The molecule has 1 aromatic heterocycles. The van der Waals surface area contributed by atoms with Crippen LogP contribution in [0.5, 0.6) is 5.75 Å². The molecule has 0 radical (unpaired) electrons. The maximum absolute atomic E-state index is 13.1. The number of sulfonamides is 1. The standard InChI is InChI=1S/C23H29N3O4S/c1-15-16(2)20(13-12-19(15)29-7)31(27,28)26(6)14-21-24-22(25-30-21)17-8-10-18(11-9-17)23(3,4)5/h8-13H,14H2,1-7H3. The van der Waals surface area contributed by atoms with Gasteiger partial charge in [-0.05, 0) is 48.1 Å². The monoisotopic (exact) mass is 443 g/mol. The SMILES string of the molecule is COc1ccc(S(=O)(=O)N(C)Cc2nc(-c3ccc(C(C)(C)C)cc3)no2)c(C)c1C. The second-order valence-electron chi connectivity index (χ2n) is 8.62. The first kappa shape index (κ1) is 23.0. The Hall–Kier alpha value is -2.71. The molecule has 0 aliphatic rings. The van der Waals surface area contributed by atoms with Crippen molar-refractivity contribution in [3.8, 4) is 17.1 Å². The first-order valence-electron chi connectivity index (χ1n) is 9.99. The van der Waals surface area contributed by atoms with Crippen LogP contribution in [0.3, 0.4) is 0 Å². The van der Waals surface area contributed by atoms with Crippen molar-refractivity contribution in [2.45, 2.75) is 51.5 Å². The lowest BCUT2D eigenvalue weighted by molar-refractivity contribution is 0.336. The molecule has 0 saturated heterocycles. The number of rotatable bonds is 6. The van der Waals surface area contributed by atoms with Crippen molar-refractivity contribution in [1.82, 2.24) is 14.4 Å². The summed E-state index contributed by atoms with van der Waals surface area (Å²) in [6, 6.07) is 11.2. The van der Waals surface area contributed by atoms with Crippen LogP contribution in [0.1, 0.15) is 43.4 Å². The van der Waals surface area contributed by atoms with Gasteiger partial charge >= 0.3 is 0 Å². The second kappa shape index (κ2) is 8.43.